The predicted octanol–water partition coefficient (Wildman–Crippen LogP) is 6.87. The van der Waals surface area contributed by atoms with Crippen LogP contribution in [0.4, 0.5) is 11.5 Å². The van der Waals surface area contributed by atoms with Gasteiger partial charge in [-0.1, -0.05) is 48.7 Å². The highest BCUT2D eigenvalue weighted by Crippen LogP contribution is 2.31. The summed E-state index contributed by atoms with van der Waals surface area (Å²) in [6.07, 6.45) is 4.59. The highest BCUT2D eigenvalue weighted by molar-refractivity contribution is 6.40. The Kier molecular flexibility index (Phi) is 8.60. The van der Waals surface area contributed by atoms with Crippen LogP contribution in [0.25, 0.3) is 23.1 Å². The van der Waals surface area contributed by atoms with Gasteiger partial charge >= 0.3 is 0 Å². The molecule has 3 aromatic rings. The zero-order valence-corrected chi connectivity index (χ0v) is 20.8. The third kappa shape index (κ3) is 6.26. The number of nitrogens with two attached hydrogens (primary N) is 1. The SMILES string of the molecule is CCN(CC)CCC(C)Nc1nc(/C=C/c2c(Cl)cc(Cl)cc2Cl)nc2ccc(N)cc12. The maximum atomic E-state index is 6.31. The number of nitrogens with zero attached hydrogens (tertiary/aromatic N) is 3. The zero-order valence-electron chi connectivity index (χ0n) is 18.5. The number of hydrogen-bond donors (Lipinski definition) is 2. The largest absolute Gasteiger partial charge is 0.399 e. The van der Waals surface area contributed by atoms with Crippen molar-refractivity contribution in [3.8, 4) is 0 Å². The van der Waals surface area contributed by atoms with E-state index < -0.39 is 0 Å². The number of nitrogen functional groups attached to an aromatic ring is 1. The molecular weight excluding hydrogens is 465 g/mol. The van der Waals surface area contributed by atoms with E-state index in [1.807, 2.05) is 18.2 Å². The quantitative estimate of drug-likeness (QED) is 0.319. The van der Waals surface area contributed by atoms with E-state index in [0.29, 0.717) is 32.1 Å². The summed E-state index contributed by atoms with van der Waals surface area (Å²) in [5.74, 6) is 1.30. The lowest BCUT2D eigenvalue weighted by Gasteiger charge is -2.22. The highest BCUT2D eigenvalue weighted by Gasteiger charge is 2.12. The van der Waals surface area contributed by atoms with Gasteiger partial charge < -0.3 is 16.0 Å². The van der Waals surface area contributed by atoms with Crippen LogP contribution in [0.5, 0.6) is 0 Å². The molecule has 0 spiro atoms. The second-order valence-electron chi connectivity index (χ2n) is 7.68. The Morgan fingerprint density at radius 1 is 1.03 bits per heavy atom. The minimum absolute atomic E-state index is 0.229. The normalized spacial score (nSPS) is 12.7. The minimum atomic E-state index is 0.229. The van der Waals surface area contributed by atoms with Crippen molar-refractivity contribution in [2.24, 2.45) is 0 Å². The number of nitrogens with one attached hydrogen (secondary N) is 1. The van der Waals surface area contributed by atoms with Crippen LogP contribution >= 0.6 is 34.8 Å². The Morgan fingerprint density at radius 2 is 1.72 bits per heavy atom. The third-order valence-corrected chi connectivity index (χ3v) is 6.18. The van der Waals surface area contributed by atoms with Crippen molar-refractivity contribution in [1.29, 1.82) is 0 Å². The Balaban J connectivity index is 1.91. The van der Waals surface area contributed by atoms with Crippen molar-refractivity contribution >= 4 is 69.4 Å². The molecule has 0 aliphatic heterocycles. The molecule has 2 aromatic carbocycles. The molecule has 0 radical (unpaired) electrons. The van der Waals surface area contributed by atoms with Crippen LogP contribution < -0.4 is 11.1 Å². The summed E-state index contributed by atoms with van der Waals surface area (Å²) in [4.78, 5) is 11.8. The van der Waals surface area contributed by atoms with E-state index in [2.05, 4.69) is 36.0 Å². The number of halogens is 3. The van der Waals surface area contributed by atoms with Crippen LogP contribution in [0.15, 0.2) is 30.3 Å². The molecule has 1 atom stereocenters. The van der Waals surface area contributed by atoms with Crippen molar-refractivity contribution < 1.29 is 0 Å². The van der Waals surface area contributed by atoms with Gasteiger partial charge in [-0.05, 0) is 68.9 Å². The van der Waals surface area contributed by atoms with E-state index >= 15 is 0 Å². The van der Waals surface area contributed by atoms with Crippen LogP contribution in [0, 0.1) is 0 Å². The predicted molar refractivity (Wildman–Crippen MR) is 140 cm³/mol. The molecule has 0 aliphatic carbocycles. The molecule has 0 amide bonds. The molecule has 5 nitrogen and oxygen atoms in total. The number of fused-ring (bicyclic) bond motifs is 1. The smallest absolute Gasteiger partial charge is 0.154 e. The van der Waals surface area contributed by atoms with Gasteiger partial charge in [0.25, 0.3) is 0 Å². The number of rotatable bonds is 9. The molecule has 1 heterocycles. The first-order valence-electron chi connectivity index (χ1n) is 10.7. The summed E-state index contributed by atoms with van der Waals surface area (Å²) >= 11 is 18.6. The third-order valence-electron chi connectivity index (χ3n) is 5.34. The average molecular weight is 493 g/mol. The first-order valence-corrected chi connectivity index (χ1v) is 11.8. The standard InChI is InChI=1S/C24H28Cl3N5/c1-4-32(5-2)11-10-15(3)29-24-19-14-17(28)6-8-22(19)30-23(31-24)9-7-18-20(26)12-16(25)13-21(18)27/h6-9,12-15H,4-5,10-11,28H2,1-3H3,(H,29,30,31)/b9-7+. The monoisotopic (exact) mass is 491 g/mol. The lowest BCUT2D eigenvalue weighted by molar-refractivity contribution is 0.295. The topological polar surface area (TPSA) is 67.1 Å². The van der Waals surface area contributed by atoms with E-state index in [1.54, 1.807) is 24.3 Å². The number of aromatic nitrogens is 2. The van der Waals surface area contributed by atoms with Crippen molar-refractivity contribution in [2.45, 2.75) is 33.2 Å². The Morgan fingerprint density at radius 3 is 2.38 bits per heavy atom. The molecule has 0 bridgehead atoms. The summed E-state index contributed by atoms with van der Waals surface area (Å²) < 4.78 is 0. The molecule has 32 heavy (non-hydrogen) atoms. The molecule has 3 rings (SSSR count). The Hall–Kier alpha value is -2.05. The fourth-order valence-electron chi connectivity index (χ4n) is 3.44. The van der Waals surface area contributed by atoms with Crippen LogP contribution in [-0.4, -0.2) is 40.5 Å². The van der Waals surface area contributed by atoms with E-state index in [-0.39, 0.29) is 6.04 Å². The molecular formula is C24H28Cl3N5. The molecule has 1 aromatic heterocycles. The van der Waals surface area contributed by atoms with Crippen LogP contribution in [-0.2, 0) is 0 Å². The van der Waals surface area contributed by atoms with Gasteiger partial charge in [0, 0.05) is 34.2 Å². The van der Waals surface area contributed by atoms with Crippen LogP contribution in [0.3, 0.4) is 0 Å². The van der Waals surface area contributed by atoms with Crippen molar-refractivity contribution in [1.82, 2.24) is 14.9 Å². The lowest BCUT2D eigenvalue weighted by atomic mass is 10.1. The van der Waals surface area contributed by atoms with Crippen LogP contribution in [0.2, 0.25) is 15.1 Å². The lowest BCUT2D eigenvalue weighted by Crippen LogP contribution is -2.28. The Bertz CT molecular complexity index is 1090. The van der Waals surface area contributed by atoms with E-state index in [1.165, 1.54) is 0 Å². The zero-order chi connectivity index (χ0) is 23.3. The van der Waals surface area contributed by atoms with Gasteiger partial charge in [-0.25, -0.2) is 9.97 Å². The maximum Gasteiger partial charge on any atom is 0.154 e. The van der Waals surface area contributed by atoms with Gasteiger partial charge in [0.2, 0.25) is 0 Å². The molecule has 0 fully saturated rings. The number of benzene rings is 2. The Labute approximate surface area is 204 Å². The van der Waals surface area contributed by atoms with Crippen molar-refractivity contribution in [3.63, 3.8) is 0 Å². The number of anilines is 2. The van der Waals surface area contributed by atoms with Gasteiger partial charge in [0.05, 0.1) is 15.6 Å². The first kappa shape index (κ1) is 24.6. The summed E-state index contributed by atoms with van der Waals surface area (Å²) in [5, 5.41) is 5.86. The van der Waals surface area contributed by atoms with Crippen molar-refractivity contribution in [2.75, 3.05) is 30.7 Å². The molecule has 0 saturated carbocycles. The molecule has 0 aliphatic rings. The fraction of sp³-hybridized carbons (Fsp3) is 0.333. The molecule has 0 saturated heterocycles. The first-order chi connectivity index (χ1) is 15.3. The summed E-state index contributed by atoms with van der Waals surface area (Å²) in [5.41, 5.74) is 8.18. The highest BCUT2D eigenvalue weighted by atomic mass is 35.5. The minimum Gasteiger partial charge on any atom is -0.399 e. The van der Waals surface area contributed by atoms with Gasteiger partial charge in [0.15, 0.2) is 5.82 Å². The maximum absolute atomic E-state index is 6.31. The molecule has 3 N–H and O–H groups in total. The average Bonchev–Trinajstić information content (AvgIpc) is 2.74. The van der Waals surface area contributed by atoms with E-state index in [4.69, 9.17) is 45.5 Å². The van der Waals surface area contributed by atoms with E-state index in [9.17, 15) is 0 Å². The van der Waals surface area contributed by atoms with Gasteiger partial charge in [-0.3, -0.25) is 0 Å². The number of hydrogen-bond acceptors (Lipinski definition) is 5. The summed E-state index contributed by atoms with van der Waals surface area (Å²) in [7, 11) is 0. The van der Waals surface area contributed by atoms with Gasteiger partial charge in [0.1, 0.15) is 5.82 Å². The second-order valence-corrected chi connectivity index (χ2v) is 8.94. The fourth-order valence-corrected chi connectivity index (χ4v) is 4.38. The van der Waals surface area contributed by atoms with Gasteiger partial charge in [-0.2, -0.15) is 0 Å². The van der Waals surface area contributed by atoms with Gasteiger partial charge in [-0.15, -0.1) is 0 Å². The summed E-state index contributed by atoms with van der Waals surface area (Å²) in [6, 6.07) is 9.18. The van der Waals surface area contributed by atoms with E-state index in [0.717, 1.165) is 42.8 Å². The van der Waals surface area contributed by atoms with Crippen LogP contribution in [0.1, 0.15) is 38.6 Å². The second kappa shape index (κ2) is 11.2. The molecule has 170 valence electrons. The molecule has 8 heteroatoms. The van der Waals surface area contributed by atoms with Crippen molar-refractivity contribution in [3.05, 3.63) is 56.8 Å². The molecule has 1 unspecified atom stereocenters. The summed E-state index contributed by atoms with van der Waals surface area (Å²) in [6.45, 7) is 9.63.